The molecule has 2 aromatic carbocycles. The number of nitrogens with zero attached hydrogens (tertiary/aromatic N) is 1. The molecule has 0 saturated carbocycles. The van der Waals surface area contributed by atoms with Gasteiger partial charge in [-0.15, -0.1) is 11.8 Å². The molecule has 2 amide bonds. The number of carbonyl (C=O) groups excluding carboxylic acids is 2. The van der Waals surface area contributed by atoms with Gasteiger partial charge in [0, 0.05) is 5.56 Å². The van der Waals surface area contributed by atoms with E-state index in [2.05, 4.69) is 5.32 Å². The molecule has 6 nitrogen and oxygen atoms in total. The third-order valence-electron chi connectivity index (χ3n) is 4.77. The Kier molecular flexibility index (Phi) is 6.09. The van der Waals surface area contributed by atoms with Crippen molar-refractivity contribution in [3.8, 4) is 5.75 Å². The monoisotopic (exact) mass is 422 g/mol. The number of hydrogen-bond donors (Lipinski definition) is 1. The normalized spacial score (nSPS) is 16.0. The van der Waals surface area contributed by atoms with Crippen LogP contribution in [0.25, 0.3) is 0 Å². The minimum atomic E-state index is -0.212. The number of benzene rings is 2. The van der Waals surface area contributed by atoms with E-state index in [4.69, 9.17) is 9.15 Å². The van der Waals surface area contributed by atoms with Crippen molar-refractivity contribution in [2.75, 3.05) is 17.7 Å². The average Bonchev–Trinajstić information content (AvgIpc) is 3.40. The summed E-state index contributed by atoms with van der Waals surface area (Å²) in [5, 5.41) is 2.80. The lowest BCUT2D eigenvalue weighted by atomic mass is 10.1. The molecule has 1 fully saturated rings. The summed E-state index contributed by atoms with van der Waals surface area (Å²) < 4.78 is 11.0. The van der Waals surface area contributed by atoms with E-state index in [1.54, 1.807) is 35.1 Å². The summed E-state index contributed by atoms with van der Waals surface area (Å²) in [7, 11) is 0. The molecular weight excluding hydrogens is 400 g/mol. The molecule has 3 aromatic rings. The van der Waals surface area contributed by atoms with Crippen molar-refractivity contribution < 1.29 is 18.7 Å². The van der Waals surface area contributed by atoms with E-state index in [9.17, 15) is 9.59 Å². The maximum absolute atomic E-state index is 12.7. The zero-order valence-electron chi connectivity index (χ0n) is 16.5. The molecular formula is C23H22N2O4S. The van der Waals surface area contributed by atoms with Gasteiger partial charge in [0.15, 0.2) is 0 Å². The van der Waals surface area contributed by atoms with Gasteiger partial charge in [0.2, 0.25) is 5.91 Å². The lowest BCUT2D eigenvalue weighted by Crippen LogP contribution is -2.27. The molecule has 2 heterocycles. The second-order valence-corrected chi connectivity index (χ2v) is 7.84. The number of nitrogens with one attached hydrogen (secondary N) is 1. The molecule has 0 unspecified atom stereocenters. The van der Waals surface area contributed by atoms with Crippen LogP contribution in [0, 0.1) is 0 Å². The Hall–Kier alpha value is -3.19. The minimum Gasteiger partial charge on any atom is -0.492 e. The van der Waals surface area contributed by atoms with Gasteiger partial charge in [0.05, 0.1) is 30.9 Å². The van der Waals surface area contributed by atoms with Crippen LogP contribution in [0.5, 0.6) is 5.75 Å². The topological polar surface area (TPSA) is 71.8 Å². The van der Waals surface area contributed by atoms with Gasteiger partial charge in [0.25, 0.3) is 5.91 Å². The first-order chi connectivity index (χ1) is 14.7. The average molecular weight is 423 g/mol. The van der Waals surface area contributed by atoms with E-state index in [1.165, 1.54) is 0 Å². The van der Waals surface area contributed by atoms with Crippen molar-refractivity contribution in [1.82, 2.24) is 4.90 Å². The molecule has 1 aromatic heterocycles. The Labute approximate surface area is 179 Å². The lowest BCUT2D eigenvalue weighted by molar-refractivity contribution is -0.128. The largest absolute Gasteiger partial charge is 0.492 e. The third kappa shape index (κ3) is 4.36. The maximum Gasteiger partial charge on any atom is 0.255 e. The smallest absolute Gasteiger partial charge is 0.255 e. The zero-order chi connectivity index (χ0) is 20.9. The van der Waals surface area contributed by atoms with Crippen LogP contribution in [0.3, 0.4) is 0 Å². The summed E-state index contributed by atoms with van der Waals surface area (Å²) in [5.74, 6) is 1.69. The second kappa shape index (κ2) is 9.09. The van der Waals surface area contributed by atoms with Gasteiger partial charge in [-0.3, -0.25) is 9.59 Å². The molecule has 1 N–H and O–H groups in total. The summed E-state index contributed by atoms with van der Waals surface area (Å²) in [6, 6.07) is 18.4. The molecule has 1 aliphatic rings. The van der Waals surface area contributed by atoms with E-state index < -0.39 is 0 Å². The number of carbonyl (C=O) groups is 2. The van der Waals surface area contributed by atoms with Crippen molar-refractivity contribution in [1.29, 1.82) is 0 Å². The van der Waals surface area contributed by atoms with Crippen molar-refractivity contribution in [2.24, 2.45) is 0 Å². The number of amides is 2. The van der Waals surface area contributed by atoms with E-state index in [0.29, 0.717) is 35.9 Å². The fourth-order valence-electron chi connectivity index (χ4n) is 3.32. The van der Waals surface area contributed by atoms with E-state index in [1.807, 2.05) is 55.5 Å². The number of thioether (sulfide) groups is 1. The number of ether oxygens (including phenoxy) is 1. The molecule has 0 radical (unpaired) electrons. The molecule has 1 aliphatic heterocycles. The van der Waals surface area contributed by atoms with E-state index >= 15 is 0 Å². The highest BCUT2D eigenvalue weighted by molar-refractivity contribution is 8.00. The molecule has 0 bridgehead atoms. The highest BCUT2D eigenvalue weighted by atomic mass is 32.2. The minimum absolute atomic E-state index is 0.0794. The Morgan fingerprint density at radius 3 is 2.70 bits per heavy atom. The SMILES string of the molecule is CCOc1ccccc1NC(=O)c1ccc([C@H]2SCC(=O)N2Cc2ccco2)cc1. The van der Waals surface area contributed by atoms with Gasteiger partial charge in [-0.25, -0.2) is 0 Å². The highest BCUT2D eigenvalue weighted by Crippen LogP contribution is 2.39. The number of hydrogen-bond acceptors (Lipinski definition) is 5. The predicted molar refractivity (Wildman–Crippen MR) is 116 cm³/mol. The van der Waals surface area contributed by atoms with Gasteiger partial charge >= 0.3 is 0 Å². The Morgan fingerprint density at radius 2 is 1.97 bits per heavy atom. The van der Waals surface area contributed by atoms with Crippen molar-refractivity contribution in [3.05, 3.63) is 83.8 Å². The van der Waals surface area contributed by atoms with E-state index in [0.717, 1.165) is 11.3 Å². The van der Waals surface area contributed by atoms with Gasteiger partial charge in [-0.05, 0) is 48.9 Å². The first-order valence-electron chi connectivity index (χ1n) is 9.72. The summed E-state index contributed by atoms with van der Waals surface area (Å²) >= 11 is 1.58. The fraction of sp³-hybridized carbons (Fsp3) is 0.217. The maximum atomic E-state index is 12.7. The highest BCUT2D eigenvalue weighted by Gasteiger charge is 2.33. The molecule has 1 atom stereocenters. The lowest BCUT2D eigenvalue weighted by Gasteiger charge is -2.23. The van der Waals surface area contributed by atoms with Gasteiger partial charge < -0.3 is 19.4 Å². The Bertz CT molecular complexity index is 1020. The Morgan fingerprint density at radius 1 is 1.17 bits per heavy atom. The summed E-state index contributed by atoms with van der Waals surface area (Å²) in [4.78, 5) is 26.8. The molecule has 1 saturated heterocycles. The number of anilines is 1. The number of furan rings is 1. The van der Waals surface area contributed by atoms with E-state index in [-0.39, 0.29) is 17.2 Å². The van der Waals surface area contributed by atoms with Crippen LogP contribution in [0.2, 0.25) is 0 Å². The van der Waals surface area contributed by atoms with Gasteiger partial charge in [-0.1, -0.05) is 24.3 Å². The van der Waals surface area contributed by atoms with Gasteiger partial charge in [-0.2, -0.15) is 0 Å². The van der Waals surface area contributed by atoms with Crippen LogP contribution in [0.4, 0.5) is 5.69 Å². The van der Waals surface area contributed by atoms with Crippen LogP contribution < -0.4 is 10.1 Å². The molecule has 154 valence electrons. The molecule has 0 spiro atoms. The van der Waals surface area contributed by atoms with Crippen LogP contribution in [-0.4, -0.2) is 29.1 Å². The van der Waals surface area contributed by atoms with Crippen LogP contribution >= 0.6 is 11.8 Å². The quantitative estimate of drug-likeness (QED) is 0.597. The van der Waals surface area contributed by atoms with Crippen molar-refractivity contribution in [2.45, 2.75) is 18.8 Å². The molecule has 7 heteroatoms. The van der Waals surface area contributed by atoms with Crippen LogP contribution in [0.15, 0.2) is 71.3 Å². The first kappa shape index (κ1) is 20.1. The summed E-state index contributed by atoms with van der Waals surface area (Å²) in [5.41, 5.74) is 2.15. The Balaban J connectivity index is 1.47. The fourth-order valence-corrected chi connectivity index (χ4v) is 4.50. The van der Waals surface area contributed by atoms with Crippen LogP contribution in [0.1, 0.15) is 34.0 Å². The number of rotatable bonds is 7. The molecule has 30 heavy (non-hydrogen) atoms. The van der Waals surface area contributed by atoms with Crippen LogP contribution in [-0.2, 0) is 11.3 Å². The molecule has 0 aliphatic carbocycles. The standard InChI is InChI=1S/C23H22N2O4S/c1-2-28-20-8-4-3-7-19(20)24-22(27)16-9-11-17(12-10-16)23-25(21(26)15-30-23)14-18-6-5-13-29-18/h3-13,23H,2,14-15H2,1H3,(H,24,27)/t23-/m1/s1. The second-order valence-electron chi connectivity index (χ2n) is 6.77. The van der Waals surface area contributed by atoms with Crippen molar-refractivity contribution >= 4 is 29.3 Å². The molecule has 4 rings (SSSR count). The van der Waals surface area contributed by atoms with Crippen molar-refractivity contribution in [3.63, 3.8) is 0 Å². The first-order valence-corrected chi connectivity index (χ1v) is 10.8. The number of para-hydroxylation sites is 2. The zero-order valence-corrected chi connectivity index (χ0v) is 17.4. The summed E-state index contributed by atoms with van der Waals surface area (Å²) in [6.45, 7) is 2.85. The van der Waals surface area contributed by atoms with Gasteiger partial charge in [0.1, 0.15) is 16.9 Å². The summed E-state index contributed by atoms with van der Waals surface area (Å²) in [6.07, 6.45) is 1.61. The third-order valence-corrected chi connectivity index (χ3v) is 6.02. The predicted octanol–water partition coefficient (Wildman–Crippen LogP) is 4.70.